The van der Waals surface area contributed by atoms with Crippen molar-refractivity contribution in [3.63, 3.8) is 0 Å². The molecule has 1 N–H and O–H groups in total. The van der Waals surface area contributed by atoms with Crippen LogP contribution < -0.4 is 5.43 Å². The summed E-state index contributed by atoms with van der Waals surface area (Å²) >= 11 is 0. The minimum atomic E-state index is 0.0868. The number of aromatic nitrogens is 1. The number of rotatable bonds is 0. The Bertz CT molecular complexity index is 399. The fraction of sp³-hybridized carbons (Fsp3) is 0.100. The Kier molecular flexibility index (Phi) is 1.67. The van der Waals surface area contributed by atoms with Crippen LogP contribution in [0.1, 0.15) is 11.3 Å². The standard InChI is InChI=1S/C10H9NO/c12-10-6-7-11-9-5-3-1-2-4-8(9)10/h1-4,6-7H,5H2,(H,11,12). The number of aromatic amines is 1. The SMILES string of the molecule is O=c1cc[nH]c2c1C=CC=CC2. The molecule has 2 heteroatoms. The smallest absolute Gasteiger partial charge is 0.189 e. The number of hydrogen-bond acceptors (Lipinski definition) is 1. The third-order valence-electron chi connectivity index (χ3n) is 1.91. The summed E-state index contributed by atoms with van der Waals surface area (Å²) in [6.07, 6.45) is 10.2. The normalized spacial score (nSPS) is 14.0. The molecule has 0 radical (unpaired) electrons. The van der Waals surface area contributed by atoms with Crippen LogP contribution in [0.2, 0.25) is 0 Å². The van der Waals surface area contributed by atoms with Gasteiger partial charge >= 0.3 is 0 Å². The lowest BCUT2D eigenvalue weighted by Crippen LogP contribution is -2.07. The van der Waals surface area contributed by atoms with Gasteiger partial charge in [-0.2, -0.15) is 0 Å². The molecule has 0 fully saturated rings. The van der Waals surface area contributed by atoms with Crippen molar-refractivity contribution in [3.8, 4) is 0 Å². The van der Waals surface area contributed by atoms with E-state index in [1.165, 1.54) is 0 Å². The number of nitrogens with one attached hydrogen (secondary N) is 1. The van der Waals surface area contributed by atoms with Crippen molar-refractivity contribution >= 4 is 6.08 Å². The quantitative estimate of drug-likeness (QED) is 0.611. The van der Waals surface area contributed by atoms with E-state index in [2.05, 4.69) is 4.98 Å². The van der Waals surface area contributed by atoms with Crippen LogP contribution in [-0.4, -0.2) is 4.98 Å². The van der Waals surface area contributed by atoms with E-state index in [0.717, 1.165) is 17.7 Å². The van der Waals surface area contributed by atoms with Gasteiger partial charge in [0.1, 0.15) is 0 Å². The highest BCUT2D eigenvalue weighted by Gasteiger charge is 2.02. The molecule has 1 heterocycles. The molecular weight excluding hydrogens is 150 g/mol. The van der Waals surface area contributed by atoms with E-state index >= 15 is 0 Å². The summed E-state index contributed by atoms with van der Waals surface area (Å²) in [7, 11) is 0. The first-order chi connectivity index (χ1) is 5.88. The Labute approximate surface area is 70.3 Å². The van der Waals surface area contributed by atoms with Crippen LogP contribution in [0.15, 0.2) is 35.3 Å². The minimum absolute atomic E-state index is 0.0868. The lowest BCUT2D eigenvalue weighted by Gasteiger charge is -1.99. The molecule has 0 spiro atoms. The van der Waals surface area contributed by atoms with E-state index in [1.807, 2.05) is 24.3 Å². The predicted molar refractivity (Wildman–Crippen MR) is 48.9 cm³/mol. The first kappa shape index (κ1) is 7.10. The Hall–Kier alpha value is -1.57. The molecule has 1 aliphatic carbocycles. The Morgan fingerprint density at radius 2 is 2.25 bits per heavy atom. The molecule has 12 heavy (non-hydrogen) atoms. The van der Waals surface area contributed by atoms with Crippen LogP contribution in [0.3, 0.4) is 0 Å². The molecular formula is C10H9NO. The van der Waals surface area contributed by atoms with Gasteiger partial charge < -0.3 is 4.98 Å². The molecule has 0 saturated carbocycles. The van der Waals surface area contributed by atoms with Crippen LogP contribution in [0.25, 0.3) is 6.08 Å². The summed E-state index contributed by atoms with van der Waals surface area (Å²) in [6.45, 7) is 0. The van der Waals surface area contributed by atoms with Crippen molar-refractivity contribution in [1.29, 1.82) is 0 Å². The first-order valence-electron chi connectivity index (χ1n) is 3.92. The van der Waals surface area contributed by atoms with Crippen LogP contribution in [-0.2, 0) is 6.42 Å². The van der Waals surface area contributed by atoms with Crippen LogP contribution in [0.4, 0.5) is 0 Å². The highest BCUT2D eigenvalue weighted by molar-refractivity contribution is 5.55. The monoisotopic (exact) mass is 159 g/mol. The zero-order chi connectivity index (χ0) is 8.39. The van der Waals surface area contributed by atoms with Crippen molar-refractivity contribution in [2.75, 3.05) is 0 Å². The van der Waals surface area contributed by atoms with E-state index in [0.29, 0.717) is 0 Å². The van der Waals surface area contributed by atoms with Gasteiger partial charge in [-0.15, -0.1) is 0 Å². The first-order valence-corrected chi connectivity index (χ1v) is 3.92. The maximum Gasteiger partial charge on any atom is 0.189 e. The Morgan fingerprint density at radius 1 is 1.33 bits per heavy atom. The minimum Gasteiger partial charge on any atom is -0.364 e. The van der Waals surface area contributed by atoms with Crippen molar-refractivity contribution in [3.05, 3.63) is 52.0 Å². The topological polar surface area (TPSA) is 32.9 Å². The Morgan fingerprint density at radius 3 is 3.17 bits per heavy atom. The fourth-order valence-electron chi connectivity index (χ4n) is 1.30. The molecule has 0 atom stereocenters. The van der Waals surface area contributed by atoms with Crippen molar-refractivity contribution in [2.24, 2.45) is 0 Å². The molecule has 0 aromatic carbocycles. The zero-order valence-corrected chi connectivity index (χ0v) is 6.58. The molecule has 2 nitrogen and oxygen atoms in total. The van der Waals surface area contributed by atoms with Crippen LogP contribution >= 0.6 is 0 Å². The second kappa shape index (κ2) is 2.81. The average Bonchev–Trinajstić information content (AvgIpc) is 2.30. The summed E-state index contributed by atoms with van der Waals surface area (Å²) in [4.78, 5) is 14.4. The molecule has 0 aliphatic heterocycles. The summed E-state index contributed by atoms with van der Waals surface area (Å²) in [6, 6.07) is 1.55. The van der Waals surface area contributed by atoms with Gasteiger partial charge in [-0.3, -0.25) is 4.79 Å². The molecule has 0 bridgehead atoms. The van der Waals surface area contributed by atoms with Gasteiger partial charge in [-0.05, 0) is 6.08 Å². The predicted octanol–water partition coefficient (Wildman–Crippen LogP) is 1.50. The molecule has 0 amide bonds. The van der Waals surface area contributed by atoms with Crippen molar-refractivity contribution in [2.45, 2.75) is 6.42 Å². The van der Waals surface area contributed by atoms with Gasteiger partial charge in [-0.1, -0.05) is 18.2 Å². The van der Waals surface area contributed by atoms with E-state index in [-0.39, 0.29) is 5.43 Å². The largest absolute Gasteiger partial charge is 0.364 e. The second-order valence-corrected chi connectivity index (χ2v) is 2.73. The van der Waals surface area contributed by atoms with E-state index in [1.54, 1.807) is 12.3 Å². The van der Waals surface area contributed by atoms with Gasteiger partial charge in [0.15, 0.2) is 5.43 Å². The number of allylic oxidation sites excluding steroid dienone is 3. The van der Waals surface area contributed by atoms with Gasteiger partial charge in [0.25, 0.3) is 0 Å². The summed E-state index contributed by atoms with van der Waals surface area (Å²) < 4.78 is 0. The fourth-order valence-corrected chi connectivity index (χ4v) is 1.30. The van der Waals surface area contributed by atoms with Crippen LogP contribution in [0, 0.1) is 0 Å². The van der Waals surface area contributed by atoms with Gasteiger partial charge in [0.2, 0.25) is 0 Å². The summed E-state index contributed by atoms with van der Waals surface area (Å²) in [5.41, 5.74) is 1.86. The maximum absolute atomic E-state index is 11.3. The number of fused-ring (bicyclic) bond motifs is 1. The van der Waals surface area contributed by atoms with Crippen molar-refractivity contribution < 1.29 is 0 Å². The average molecular weight is 159 g/mol. The Balaban J connectivity index is 2.67. The lowest BCUT2D eigenvalue weighted by atomic mass is 10.1. The number of pyridine rings is 1. The molecule has 1 aromatic heterocycles. The molecule has 1 aromatic rings. The van der Waals surface area contributed by atoms with Crippen molar-refractivity contribution in [1.82, 2.24) is 4.98 Å². The highest BCUT2D eigenvalue weighted by Crippen LogP contribution is 2.07. The molecule has 0 saturated heterocycles. The summed E-state index contributed by atoms with van der Waals surface area (Å²) in [5, 5.41) is 0. The zero-order valence-electron chi connectivity index (χ0n) is 6.58. The van der Waals surface area contributed by atoms with Gasteiger partial charge in [0.05, 0.1) is 0 Å². The van der Waals surface area contributed by atoms with Gasteiger partial charge in [0, 0.05) is 29.9 Å². The van der Waals surface area contributed by atoms with E-state index in [9.17, 15) is 4.79 Å². The van der Waals surface area contributed by atoms with E-state index < -0.39 is 0 Å². The third-order valence-corrected chi connectivity index (χ3v) is 1.91. The lowest BCUT2D eigenvalue weighted by molar-refractivity contribution is 1.09. The maximum atomic E-state index is 11.3. The molecule has 60 valence electrons. The summed E-state index contributed by atoms with van der Waals surface area (Å²) in [5.74, 6) is 0. The highest BCUT2D eigenvalue weighted by atomic mass is 16.1. The number of H-pyrrole nitrogens is 1. The van der Waals surface area contributed by atoms with Crippen LogP contribution in [0.5, 0.6) is 0 Å². The second-order valence-electron chi connectivity index (χ2n) is 2.73. The van der Waals surface area contributed by atoms with E-state index in [4.69, 9.17) is 0 Å². The van der Waals surface area contributed by atoms with Gasteiger partial charge in [-0.25, -0.2) is 0 Å². The molecule has 2 rings (SSSR count). The molecule has 1 aliphatic rings. The number of hydrogen-bond donors (Lipinski definition) is 1. The molecule has 0 unspecified atom stereocenters. The third kappa shape index (κ3) is 1.11.